The molecule has 0 aliphatic heterocycles. The SMILES string of the molecule is CCCNCCNC(=O)CNS(=O)(=O)c1ccc(Br)s1. The number of hydrogen-bond donors (Lipinski definition) is 3. The molecular weight excluding hydrogens is 366 g/mol. The highest BCUT2D eigenvalue weighted by atomic mass is 79.9. The highest BCUT2D eigenvalue weighted by Gasteiger charge is 2.17. The lowest BCUT2D eigenvalue weighted by molar-refractivity contribution is -0.119. The predicted molar refractivity (Wildman–Crippen MR) is 83.4 cm³/mol. The average Bonchev–Trinajstić information content (AvgIpc) is 2.84. The van der Waals surface area contributed by atoms with Gasteiger partial charge in [-0.2, -0.15) is 0 Å². The van der Waals surface area contributed by atoms with Gasteiger partial charge in [-0.25, -0.2) is 13.1 Å². The Kier molecular flexibility index (Phi) is 7.67. The number of halogens is 1. The standard InChI is InChI=1S/C11H18BrN3O3S2/c1-2-5-13-6-7-14-10(16)8-15-20(17,18)11-4-3-9(12)19-11/h3-4,13,15H,2,5-8H2,1H3,(H,14,16). The molecule has 0 aliphatic rings. The number of hydrogen-bond acceptors (Lipinski definition) is 5. The highest BCUT2D eigenvalue weighted by molar-refractivity contribution is 9.11. The second-order valence-corrected chi connectivity index (χ2v) is 8.44. The lowest BCUT2D eigenvalue weighted by atomic mass is 10.4. The maximum absolute atomic E-state index is 11.9. The van der Waals surface area contributed by atoms with Crippen LogP contribution in [0.2, 0.25) is 0 Å². The summed E-state index contributed by atoms with van der Waals surface area (Å²) in [6.07, 6.45) is 1.03. The molecule has 20 heavy (non-hydrogen) atoms. The zero-order chi connectivity index (χ0) is 15.0. The van der Waals surface area contributed by atoms with Crippen molar-refractivity contribution < 1.29 is 13.2 Å². The van der Waals surface area contributed by atoms with Crippen LogP contribution in [-0.4, -0.2) is 40.5 Å². The van der Waals surface area contributed by atoms with Gasteiger partial charge in [0.1, 0.15) is 4.21 Å². The molecule has 114 valence electrons. The van der Waals surface area contributed by atoms with Gasteiger partial charge in [0.2, 0.25) is 5.91 Å². The van der Waals surface area contributed by atoms with E-state index in [2.05, 4.69) is 38.2 Å². The molecular formula is C11H18BrN3O3S2. The predicted octanol–water partition coefficient (Wildman–Crippen LogP) is 0.905. The summed E-state index contributed by atoms with van der Waals surface area (Å²) in [6, 6.07) is 3.14. The molecule has 0 saturated heterocycles. The first kappa shape index (κ1) is 17.6. The lowest BCUT2D eigenvalue weighted by Gasteiger charge is -2.07. The Hall–Kier alpha value is -0.480. The zero-order valence-electron chi connectivity index (χ0n) is 11.1. The molecule has 0 radical (unpaired) electrons. The molecule has 1 heterocycles. The van der Waals surface area contributed by atoms with Crippen LogP contribution in [0.4, 0.5) is 0 Å². The largest absolute Gasteiger partial charge is 0.354 e. The minimum atomic E-state index is -3.61. The molecule has 0 atom stereocenters. The van der Waals surface area contributed by atoms with Gasteiger partial charge >= 0.3 is 0 Å². The number of carbonyl (C=O) groups is 1. The van der Waals surface area contributed by atoms with E-state index in [1.807, 2.05) is 0 Å². The van der Waals surface area contributed by atoms with Crippen LogP contribution < -0.4 is 15.4 Å². The molecule has 0 aliphatic carbocycles. The van der Waals surface area contributed by atoms with Crippen LogP contribution in [0.1, 0.15) is 13.3 Å². The summed E-state index contributed by atoms with van der Waals surface area (Å²) in [5.74, 6) is -0.345. The fourth-order valence-electron chi connectivity index (χ4n) is 1.33. The van der Waals surface area contributed by atoms with Gasteiger partial charge in [0.25, 0.3) is 10.0 Å². The average molecular weight is 384 g/mol. The smallest absolute Gasteiger partial charge is 0.250 e. The van der Waals surface area contributed by atoms with Gasteiger partial charge < -0.3 is 10.6 Å². The topological polar surface area (TPSA) is 87.3 Å². The number of amides is 1. The van der Waals surface area contributed by atoms with Crippen LogP contribution in [0.3, 0.4) is 0 Å². The van der Waals surface area contributed by atoms with Gasteiger partial charge in [0, 0.05) is 13.1 Å². The summed E-state index contributed by atoms with van der Waals surface area (Å²) in [5, 5.41) is 5.77. The van der Waals surface area contributed by atoms with Crippen molar-refractivity contribution >= 4 is 43.2 Å². The summed E-state index contributed by atoms with van der Waals surface area (Å²) in [5.41, 5.74) is 0. The van der Waals surface area contributed by atoms with Crippen molar-refractivity contribution in [1.29, 1.82) is 0 Å². The molecule has 1 amide bonds. The molecule has 9 heteroatoms. The minimum absolute atomic E-state index is 0.182. The van der Waals surface area contributed by atoms with E-state index in [4.69, 9.17) is 0 Å². The van der Waals surface area contributed by atoms with Gasteiger partial charge in [0.05, 0.1) is 10.3 Å². The van der Waals surface area contributed by atoms with Gasteiger partial charge in [-0.3, -0.25) is 4.79 Å². The van der Waals surface area contributed by atoms with Crippen LogP contribution in [0.15, 0.2) is 20.1 Å². The molecule has 1 aromatic rings. The van der Waals surface area contributed by atoms with Crippen LogP contribution in [0.25, 0.3) is 0 Å². The molecule has 1 aromatic heterocycles. The monoisotopic (exact) mass is 383 g/mol. The Labute approximate surface area is 131 Å². The fraction of sp³-hybridized carbons (Fsp3) is 0.545. The van der Waals surface area contributed by atoms with Gasteiger partial charge in [-0.1, -0.05) is 6.92 Å². The van der Waals surface area contributed by atoms with Crippen molar-refractivity contribution in [1.82, 2.24) is 15.4 Å². The van der Waals surface area contributed by atoms with Crippen molar-refractivity contribution in [2.45, 2.75) is 17.6 Å². The third-order valence-electron chi connectivity index (χ3n) is 2.29. The van der Waals surface area contributed by atoms with Gasteiger partial charge in [-0.15, -0.1) is 11.3 Å². The third-order valence-corrected chi connectivity index (χ3v) is 5.80. The normalized spacial score (nSPS) is 11.5. The van der Waals surface area contributed by atoms with Crippen LogP contribution in [-0.2, 0) is 14.8 Å². The molecule has 0 bridgehead atoms. The molecule has 0 spiro atoms. The second kappa shape index (κ2) is 8.73. The summed E-state index contributed by atoms with van der Waals surface area (Å²) in [4.78, 5) is 11.5. The summed E-state index contributed by atoms with van der Waals surface area (Å²) < 4.78 is 26.9. The number of carbonyl (C=O) groups excluding carboxylic acids is 1. The fourth-order valence-corrected chi connectivity index (χ4v) is 4.37. The van der Waals surface area contributed by atoms with Crippen molar-refractivity contribution in [2.24, 2.45) is 0 Å². The molecule has 0 unspecified atom stereocenters. The van der Waals surface area contributed by atoms with Crippen molar-refractivity contribution in [3.8, 4) is 0 Å². The van der Waals surface area contributed by atoms with Gasteiger partial charge in [0.15, 0.2) is 0 Å². The quantitative estimate of drug-likeness (QED) is 0.553. The maximum atomic E-state index is 11.9. The van der Waals surface area contributed by atoms with Crippen LogP contribution >= 0.6 is 27.3 Å². The summed E-state index contributed by atoms with van der Waals surface area (Å²) in [7, 11) is -3.61. The van der Waals surface area contributed by atoms with E-state index in [9.17, 15) is 13.2 Å². The number of rotatable bonds is 9. The Morgan fingerprint density at radius 1 is 1.30 bits per heavy atom. The highest BCUT2D eigenvalue weighted by Crippen LogP contribution is 2.25. The van der Waals surface area contributed by atoms with Gasteiger partial charge in [-0.05, 0) is 41.0 Å². The Morgan fingerprint density at radius 2 is 2.05 bits per heavy atom. The van der Waals surface area contributed by atoms with E-state index in [0.29, 0.717) is 13.1 Å². The molecule has 0 saturated carbocycles. The molecule has 0 fully saturated rings. The number of nitrogens with one attached hydrogen (secondary N) is 3. The van der Waals surface area contributed by atoms with E-state index < -0.39 is 10.0 Å². The third kappa shape index (κ3) is 6.31. The maximum Gasteiger partial charge on any atom is 0.250 e. The Morgan fingerprint density at radius 3 is 2.65 bits per heavy atom. The molecule has 3 N–H and O–H groups in total. The minimum Gasteiger partial charge on any atom is -0.354 e. The van der Waals surface area contributed by atoms with Crippen molar-refractivity contribution in [2.75, 3.05) is 26.2 Å². The van der Waals surface area contributed by atoms with E-state index in [-0.39, 0.29) is 16.7 Å². The van der Waals surface area contributed by atoms with E-state index in [1.165, 1.54) is 6.07 Å². The summed E-state index contributed by atoms with van der Waals surface area (Å²) >= 11 is 4.30. The van der Waals surface area contributed by atoms with Crippen molar-refractivity contribution in [3.63, 3.8) is 0 Å². The molecule has 0 aromatic carbocycles. The first-order chi connectivity index (χ1) is 9.45. The molecule has 6 nitrogen and oxygen atoms in total. The van der Waals surface area contributed by atoms with Crippen molar-refractivity contribution in [3.05, 3.63) is 15.9 Å². The number of thiophene rings is 1. The first-order valence-corrected chi connectivity index (χ1v) is 9.27. The zero-order valence-corrected chi connectivity index (χ0v) is 14.3. The number of sulfonamides is 1. The Bertz CT molecular complexity index is 531. The van der Waals surface area contributed by atoms with Crippen LogP contribution in [0, 0.1) is 0 Å². The van der Waals surface area contributed by atoms with E-state index >= 15 is 0 Å². The second-order valence-electron chi connectivity index (χ2n) is 3.98. The molecule has 1 rings (SSSR count). The first-order valence-electron chi connectivity index (χ1n) is 6.18. The lowest BCUT2D eigenvalue weighted by Crippen LogP contribution is -2.39. The van der Waals surface area contributed by atoms with E-state index in [1.54, 1.807) is 6.07 Å². The van der Waals surface area contributed by atoms with Crippen LogP contribution in [0.5, 0.6) is 0 Å². The summed E-state index contributed by atoms with van der Waals surface area (Å²) in [6.45, 7) is 3.85. The van der Waals surface area contributed by atoms with E-state index in [0.717, 1.165) is 28.1 Å². The Balaban J connectivity index is 2.30.